The van der Waals surface area contributed by atoms with E-state index in [1.165, 1.54) is 12.1 Å². The van der Waals surface area contributed by atoms with Gasteiger partial charge in [0.25, 0.3) is 0 Å². The van der Waals surface area contributed by atoms with Gasteiger partial charge in [0.2, 0.25) is 5.43 Å². The molecule has 130 valence electrons. The zero-order chi connectivity index (χ0) is 19.0. The molecule has 0 amide bonds. The molecule has 2 aromatic carbocycles. The topological polar surface area (TPSA) is 83.1 Å². The smallest absolute Gasteiger partial charge is 0.341 e. The fourth-order valence-electron chi connectivity index (χ4n) is 2.99. The van der Waals surface area contributed by atoms with E-state index < -0.39 is 11.4 Å². The number of fused-ring (bicyclic) bond motifs is 1. The molecular weight excluding hydrogens is 375 g/mol. The number of carboxylic acids is 1. The first-order valence-corrected chi connectivity index (χ1v) is 8.44. The number of pyridine rings is 1. The van der Waals surface area contributed by atoms with Crippen LogP contribution in [0.15, 0.2) is 41.2 Å². The molecule has 3 rings (SSSR count). The predicted octanol–water partition coefficient (Wildman–Crippen LogP) is 4.57. The molecule has 1 aromatic heterocycles. The Bertz CT molecular complexity index is 1160. The monoisotopic (exact) mass is 386 g/mol. The van der Waals surface area contributed by atoms with Crippen LogP contribution in [-0.2, 0) is 6.54 Å². The lowest BCUT2D eigenvalue weighted by Crippen LogP contribution is -2.22. The Balaban J connectivity index is 2.54. The minimum Gasteiger partial charge on any atom is -0.477 e. The first-order valence-electron chi connectivity index (χ1n) is 7.68. The number of hydrogen-bond donors (Lipinski definition) is 1. The number of aromatic carboxylic acids is 1. The minimum absolute atomic E-state index is 0.187. The van der Waals surface area contributed by atoms with E-state index in [1.54, 1.807) is 28.8 Å². The molecule has 0 aliphatic carbocycles. The van der Waals surface area contributed by atoms with Crippen LogP contribution in [0.4, 0.5) is 0 Å². The molecule has 0 radical (unpaired) electrons. The maximum atomic E-state index is 12.9. The predicted molar refractivity (Wildman–Crippen MR) is 101 cm³/mol. The van der Waals surface area contributed by atoms with Crippen LogP contribution < -0.4 is 5.43 Å². The number of aryl methyl sites for hydroxylation is 1. The maximum absolute atomic E-state index is 12.9. The second-order valence-corrected chi connectivity index (χ2v) is 6.39. The summed E-state index contributed by atoms with van der Waals surface area (Å²) in [5, 5.41) is 19.6. The third-order valence-electron chi connectivity index (χ3n) is 4.12. The Morgan fingerprint density at radius 2 is 1.92 bits per heavy atom. The van der Waals surface area contributed by atoms with Crippen molar-refractivity contribution in [2.24, 2.45) is 0 Å². The number of nitriles is 1. The van der Waals surface area contributed by atoms with Gasteiger partial charge in [-0.25, -0.2) is 4.79 Å². The largest absolute Gasteiger partial charge is 0.477 e. The highest BCUT2D eigenvalue weighted by molar-refractivity contribution is 6.42. The van der Waals surface area contributed by atoms with Crippen LogP contribution in [0.1, 0.15) is 22.8 Å². The lowest BCUT2D eigenvalue weighted by molar-refractivity contribution is 0.0696. The highest BCUT2D eigenvalue weighted by Crippen LogP contribution is 2.32. The Kier molecular flexibility index (Phi) is 4.73. The average molecular weight is 387 g/mol. The summed E-state index contributed by atoms with van der Waals surface area (Å²) in [6, 6.07) is 11.3. The third kappa shape index (κ3) is 2.84. The summed E-state index contributed by atoms with van der Waals surface area (Å²) in [6.45, 7) is 2.26. The SMILES string of the molecule is CCn1c(-c2ccc(Cl)c(Cl)c2)c(C(=O)O)c(=O)c2cc(C#N)ccc21. The number of rotatable bonds is 3. The molecule has 0 saturated heterocycles. The zero-order valence-corrected chi connectivity index (χ0v) is 15.1. The van der Waals surface area contributed by atoms with Crippen LogP contribution in [-0.4, -0.2) is 15.6 Å². The molecule has 0 unspecified atom stereocenters. The first-order chi connectivity index (χ1) is 12.4. The molecule has 3 aromatic rings. The van der Waals surface area contributed by atoms with Crippen molar-refractivity contribution in [2.75, 3.05) is 0 Å². The van der Waals surface area contributed by atoms with Crippen molar-refractivity contribution < 1.29 is 9.90 Å². The van der Waals surface area contributed by atoms with Crippen molar-refractivity contribution in [3.8, 4) is 17.3 Å². The van der Waals surface area contributed by atoms with Gasteiger partial charge in [0.05, 0.1) is 32.9 Å². The Labute approximate surface area is 158 Å². The number of carboxylic acid groups (broad SMARTS) is 1. The summed E-state index contributed by atoms with van der Waals surface area (Å²) in [6.07, 6.45) is 0. The number of aromatic nitrogens is 1. The van der Waals surface area contributed by atoms with Crippen molar-refractivity contribution in [1.82, 2.24) is 4.57 Å². The number of carbonyl (C=O) groups is 1. The van der Waals surface area contributed by atoms with Crippen LogP contribution in [0.25, 0.3) is 22.2 Å². The maximum Gasteiger partial charge on any atom is 0.341 e. The molecule has 0 bridgehead atoms. The summed E-state index contributed by atoms with van der Waals surface area (Å²) >= 11 is 12.0. The molecule has 0 spiro atoms. The summed E-state index contributed by atoms with van der Waals surface area (Å²) in [5.74, 6) is -1.34. The molecule has 7 heteroatoms. The van der Waals surface area contributed by atoms with Crippen LogP contribution in [0.2, 0.25) is 10.0 Å². The van der Waals surface area contributed by atoms with Crippen LogP contribution in [0.5, 0.6) is 0 Å². The van der Waals surface area contributed by atoms with E-state index in [0.29, 0.717) is 22.6 Å². The first kappa shape index (κ1) is 18.0. The van der Waals surface area contributed by atoms with Crippen LogP contribution >= 0.6 is 23.2 Å². The van der Waals surface area contributed by atoms with Gasteiger partial charge >= 0.3 is 5.97 Å². The molecule has 0 atom stereocenters. The number of halogens is 2. The number of hydrogen-bond acceptors (Lipinski definition) is 3. The van der Waals surface area contributed by atoms with E-state index in [4.69, 9.17) is 28.5 Å². The molecule has 1 N–H and O–H groups in total. The van der Waals surface area contributed by atoms with Gasteiger partial charge in [-0.15, -0.1) is 0 Å². The van der Waals surface area contributed by atoms with E-state index in [0.717, 1.165) is 0 Å². The lowest BCUT2D eigenvalue weighted by Gasteiger charge is -2.18. The van der Waals surface area contributed by atoms with Gasteiger partial charge < -0.3 is 9.67 Å². The lowest BCUT2D eigenvalue weighted by atomic mass is 10.0. The van der Waals surface area contributed by atoms with Crippen molar-refractivity contribution in [1.29, 1.82) is 5.26 Å². The molecule has 0 saturated carbocycles. The second-order valence-electron chi connectivity index (χ2n) is 5.57. The summed E-state index contributed by atoms with van der Waals surface area (Å²) < 4.78 is 1.72. The van der Waals surface area contributed by atoms with E-state index >= 15 is 0 Å². The summed E-state index contributed by atoms with van der Waals surface area (Å²) in [5.41, 5.74) is 0.546. The molecule has 1 heterocycles. The van der Waals surface area contributed by atoms with E-state index in [2.05, 4.69) is 0 Å². The fourth-order valence-corrected chi connectivity index (χ4v) is 3.29. The van der Waals surface area contributed by atoms with Crippen molar-refractivity contribution in [3.05, 3.63) is 67.8 Å². The average Bonchev–Trinajstić information content (AvgIpc) is 2.63. The molecule has 0 fully saturated rings. The van der Waals surface area contributed by atoms with Crippen molar-refractivity contribution >= 4 is 40.1 Å². The summed E-state index contributed by atoms with van der Waals surface area (Å²) in [7, 11) is 0. The Hall–Kier alpha value is -2.81. The Morgan fingerprint density at radius 1 is 1.19 bits per heavy atom. The van der Waals surface area contributed by atoms with Gasteiger partial charge in [-0.3, -0.25) is 4.79 Å². The van der Waals surface area contributed by atoms with Crippen molar-refractivity contribution in [2.45, 2.75) is 13.5 Å². The molecule has 5 nitrogen and oxygen atoms in total. The van der Waals surface area contributed by atoms with Gasteiger partial charge in [-0.2, -0.15) is 5.26 Å². The van der Waals surface area contributed by atoms with Crippen molar-refractivity contribution in [3.63, 3.8) is 0 Å². The Morgan fingerprint density at radius 3 is 2.50 bits per heavy atom. The molecule has 26 heavy (non-hydrogen) atoms. The molecular formula is C19H12Cl2N2O3. The van der Waals surface area contributed by atoms with Crippen LogP contribution in [0.3, 0.4) is 0 Å². The highest BCUT2D eigenvalue weighted by atomic mass is 35.5. The fraction of sp³-hybridized carbons (Fsp3) is 0.105. The van der Waals surface area contributed by atoms with Gasteiger partial charge in [0, 0.05) is 17.5 Å². The second kappa shape index (κ2) is 6.83. The third-order valence-corrected chi connectivity index (χ3v) is 4.86. The summed E-state index contributed by atoms with van der Waals surface area (Å²) in [4.78, 5) is 24.8. The van der Waals surface area contributed by atoms with E-state index in [9.17, 15) is 14.7 Å². The quantitative estimate of drug-likeness (QED) is 0.714. The van der Waals surface area contributed by atoms with Gasteiger partial charge in [0.15, 0.2) is 0 Å². The van der Waals surface area contributed by atoms with Crippen LogP contribution in [0, 0.1) is 11.3 Å². The van der Waals surface area contributed by atoms with E-state index in [-0.39, 0.29) is 27.2 Å². The normalized spacial score (nSPS) is 10.7. The molecule has 0 aliphatic heterocycles. The standard InChI is InChI=1S/C19H12Cl2N2O3/c1-2-23-15-6-3-10(9-22)7-12(15)18(24)16(19(25)26)17(23)11-4-5-13(20)14(21)8-11/h3-8H,2H2,1H3,(H,25,26). The minimum atomic E-state index is -1.34. The van der Waals surface area contributed by atoms with Gasteiger partial charge in [-0.1, -0.05) is 29.3 Å². The number of nitrogens with zero attached hydrogens (tertiary/aromatic N) is 2. The zero-order valence-electron chi connectivity index (χ0n) is 13.6. The number of benzene rings is 2. The highest BCUT2D eigenvalue weighted by Gasteiger charge is 2.23. The van der Waals surface area contributed by atoms with E-state index in [1.807, 2.05) is 13.0 Å². The molecule has 0 aliphatic rings. The van der Waals surface area contributed by atoms with Gasteiger partial charge in [-0.05, 0) is 37.3 Å². The van der Waals surface area contributed by atoms with Gasteiger partial charge in [0.1, 0.15) is 5.56 Å².